The van der Waals surface area contributed by atoms with E-state index in [1.54, 1.807) is 12.4 Å². The van der Waals surface area contributed by atoms with Gasteiger partial charge in [0.1, 0.15) is 0 Å². The van der Waals surface area contributed by atoms with Gasteiger partial charge in [0.15, 0.2) is 0 Å². The summed E-state index contributed by atoms with van der Waals surface area (Å²) in [7, 11) is 0. The maximum atomic E-state index is 11.8. The average Bonchev–Trinajstić information content (AvgIpc) is 2.15. The highest BCUT2D eigenvalue weighted by molar-refractivity contribution is 5.13. The van der Waals surface area contributed by atoms with Crippen molar-refractivity contribution in [2.75, 3.05) is 6.54 Å². The molecule has 1 atom stereocenters. The SMILES string of the molecule is CC(NCC(F)F)c1ccncc1. The van der Waals surface area contributed by atoms with Crippen molar-refractivity contribution in [3.05, 3.63) is 30.1 Å². The molecule has 1 unspecified atom stereocenters. The lowest BCUT2D eigenvalue weighted by atomic mass is 10.1. The van der Waals surface area contributed by atoms with Crippen LogP contribution in [0.4, 0.5) is 8.78 Å². The van der Waals surface area contributed by atoms with E-state index in [4.69, 9.17) is 0 Å². The van der Waals surface area contributed by atoms with E-state index in [1.165, 1.54) is 0 Å². The standard InChI is InChI=1S/C9H12F2N2/c1-7(13-6-9(10)11)8-2-4-12-5-3-8/h2-5,7,9,13H,6H2,1H3. The molecule has 1 rings (SSSR count). The molecule has 0 aliphatic rings. The Bertz CT molecular complexity index is 239. The number of aromatic nitrogens is 1. The second-order valence-corrected chi connectivity index (χ2v) is 2.80. The summed E-state index contributed by atoms with van der Waals surface area (Å²) in [5.41, 5.74) is 0.968. The van der Waals surface area contributed by atoms with Crippen LogP contribution in [0.5, 0.6) is 0 Å². The molecule has 2 nitrogen and oxygen atoms in total. The van der Waals surface area contributed by atoms with E-state index in [2.05, 4.69) is 10.3 Å². The minimum atomic E-state index is -2.30. The third-order valence-corrected chi connectivity index (χ3v) is 1.78. The minimum Gasteiger partial charge on any atom is -0.305 e. The Morgan fingerprint density at radius 1 is 1.38 bits per heavy atom. The van der Waals surface area contributed by atoms with Crippen LogP contribution in [-0.4, -0.2) is 18.0 Å². The maximum Gasteiger partial charge on any atom is 0.250 e. The number of pyridine rings is 1. The Morgan fingerprint density at radius 2 is 2.00 bits per heavy atom. The third-order valence-electron chi connectivity index (χ3n) is 1.78. The molecule has 1 N–H and O–H groups in total. The van der Waals surface area contributed by atoms with Crippen molar-refractivity contribution in [3.63, 3.8) is 0 Å². The molecule has 1 heterocycles. The molecule has 0 aromatic carbocycles. The van der Waals surface area contributed by atoms with Gasteiger partial charge >= 0.3 is 0 Å². The molecule has 1 aromatic heterocycles. The first-order valence-electron chi connectivity index (χ1n) is 4.11. The van der Waals surface area contributed by atoms with Crippen molar-refractivity contribution in [3.8, 4) is 0 Å². The summed E-state index contributed by atoms with van der Waals surface area (Å²) < 4.78 is 23.7. The molecule has 0 bridgehead atoms. The lowest BCUT2D eigenvalue weighted by Crippen LogP contribution is -2.24. The van der Waals surface area contributed by atoms with Gasteiger partial charge in [-0.1, -0.05) is 0 Å². The highest BCUT2D eigenvalue weighted by Crippen LogP contribution is 2.09. The number of hydrogen-bond acceptors (Lipinski definition) is 2. The van der Waals surface area contributed by atoms with Crippen LogP contribution in [0.2, 0.25) is 0 Å². The molecule has 0 aliphatic heterocycles. The van der Waals surface area contributed by atoms with Gasteiger partial charge in [0.25, 0.3) is 6.43 Å². The minimum absolute atomic E-state index is 0.0583. The number of nitrogens with one attached hydrogen (secondary N) is 1. The zero-order chi connectivity index (χ0) is 9.68. The average molecular weight is 186 g/mol. The van der Waals surface area contributed by atoms with Crippen LogP contribution < -0.4 is 5.32 Å². The van der Waals surface area contributed by atoms with Gasteiger partial charge in [-0.15, -0.1) is 0 Å². The van der Waals surface area contributed by atoms with Gasteiger partial charge in [-0.05, 0) is 24.6 Å². The quantitative estimate of drug-likeness (QED) is 0.777. The van der Waals surface area contributed by atoms with Gasteiger partial charge in [-0.3, -0.25) is 4.98 Å². The first-order chi connectivity index (χ1) is 6.20. The van der Waals surface area contributed by atoms with Crippen molar-refractivity contribution < 1.29 is 8.78 Å². The van der Waals surface area contributed by atoms with Crippen LogP contribution in [-0.2, 0) is 0 Å². The Balaban J connectivity index is 2.44. The molecule has 0 fully saturated rings. The fourth-order valence-corrected chi connectivity index (χ4v) is 1.04. The Morgan fingerprint density at radius 3 is 2.54 bits per heavy atom. The molecule has 0 saturated heterocycles. The van der Waals surface area contributed by atoms with Crippen molar-refractivity contribution in [2.45, 2.75) is 19.4 Å². The molecule has 4 heteroatoms. The van der Waals surface area contributed by atoms with Gasteiger partial charge in [0, 0.05) is 18.4 Å². The summed E-state index contributed by atoms with van der Waals surface area (Å²) in [6.07, 6.45) is 0.996. The molecular formula is C9H12F2N2. The van der Waals surface area contributed by atoms with Crippen molar-refractivity contribution >= 4 is 0 Å². The molecule has 0 radical (unpaired) electrons. The molecule has 0 aliphatic carbocycles. The van der Waals surface area contributed by atoms with Gasteiger partial charge in [-0.2, -0.15) is 0 Å². The van der Waals surface area contributed by atoms with E-state index < -0.39 is 6.43 Å². The van der Waals surface area contributed by atoms with E-state index in [0.29, 0.717) is 0 Å². The van der Waals surface area contributed by atoms with Gasteiger partial charge in [0.2, 0.25) is 0 Å². The van der Waals surface area contributed by atoms with Gasteiger partial charge in [0.05, 0.1) is 6.54 Å². The van der Waals surface area contributed by atoms with E-state index in [9.17, 15) is 8.78 Å². The fourth-order valence-electron chi connectivity index (χ4n) is 1.04. The molecule has 0 amide bonds. The first-order valence-corrected chi connectivity index (χ1v) is 4.11. The van der Waals surface area contributed by atoms with Crippen molar-refractivity contribution in [2.24, 2.45) is 0 Å². The number of halogens is 2. The normalized spacial score (nSPS) is 13.2. The molecular weight excluding hydrogens is 174 g/mol. The Labute approximate surface area is 76.0 Å². The van der Waals surface area contributed by atoms with Crippen LogP contribution in [0.25, 0.3) is 0 Å². The third kappa shape index (κ3) is 3.46. The molecule has 1 aromatic rings. The summed E-state index contributed by atoms with van der Waals surface area (Å²) >= 11 is 0. The summed E-state index contributed by atoms with van der Waals surface area (Å²) in [6.45, 7) is 1.57. The summed E-state index contributed by atoms with van der Waals surface area (Å²) in [4.78, 5) is 3.85. The highest BCUT2D eigenvalue weighted by Gasteiger charge is 2.07. The van der Waals surface area contributed by atoms with E-state index in [1.807, 2.05) is 19.1 Å². The van der Waals surface area contributed by atoms with E-state index in [-0.39, 0.29) is 12.6 Å². The number of alkyl halides is 2. The predicted octanol–water partition coefficient (Wildman–Crippen LogP) is 2.00. The predicted molar refractivity (Wildman–Crippen MR) is 46.7 cm³/mol. The zero-order valence-corrected chi connectivity index (χ0v) is 7.37. The molecule has 72 valence electrons. The van der Waals surface area contributed by atoms with E-state index >= 15 is 0 Å². The number of rotatable bonds is 4. The zero-order valence-electron chi connectivity index (χ0n) is 7.37. The maximum absolute atomic E-state index is 11.8. The van der Waals surface area contributed by atoms with Crippen LogP contribution in [0.15, 0.2) is 24.5 Å². The number of nitrogens with zero attached hydrogens (tertiary/aromatic N) is 1. The topological polar surface area (TPSA) is 24.9 Å². The largest absolute Gasteiger partial charge is 0.305 e. The van der Waals surface area contributed by atoms with Crippen molar-refractivity contribution in [1.29, 1.82) is 0 Å². The van der Waals surface area contributed by atoms with Crippen LogP contribution >= 0.6 is 0 Å². The van der Waals surface area contributed by atoms with Crippen molar-refractivity contribution in [1.82, 2.24) is 10.3 Å². The summed E-state index contributed by atoms with van der Waals surface area (Å²) in [5, 5.41) is 2.72. The molecule has 0 saturated carbocycles. The van der Waals surface area contributed by atoms with E-state index in [0.717, 1.165) is 5.56 Å². The Hall–Kier alpha value is -1.03. The lowest BCUT2D eigenvalue weighted by Gasteiger charge is -2.12. The van der Waals surface area contributed by atoms with Crippen LogP contribution in [0.1, 0.15) is 18.5 Å². The second kappa shape index (κ2) is 4.87. The highest BCUT2D eigenvalue weighted by atomic mass is 19.3. The second-order valence-electron chi connectivity index (χ2n) is 2.80. The Kier molecular flexibility index (Phi) is 3.76. The first kappa shape index (κ1) is 10.1. The summed E-state index contributed by atoms with van der Waals surface area (Å²) in [6, 6.07) is 3.56. The number of hydrogen-bond donors (Lipinski definition) is 1. The van der Waals surface area contributed by atoms with Gasteiger partial charge < -0.3 is 5.32 Å². The van der Waals surface area contributed by atoms with Crippen LogP contribution in [0.3, 0.4) is 0 Å². The van der Waals surface area contributed by atoms with Crippen LogP contribution in [0, 0.1) is 0 Å². The molecule has 0 spiro atoms. The monoisotopic (exact) mass is 186 g/mol. The lowest BCUT2D eigenvalue weighted by molar-refractivity contribution is 0.142. The summed E-state index contributed by atoms with van der Waals surface area (Å²) in [5.74, 6) is 0. The smallest absolute Gasteiger partial charge is 0.250 e. The fraction of sp³-hybridized carbons (Fsp3) is 0.444. The molecule has 13 heavy (non-hydrogen) atoms. The van der Waals surface area contributed by atoms with Gasteiger partial charge in [-0.25, -0.2) is 8.78 Å².